The van der Waals surface area contributed by atoms with Crippen LogP contribution >= 0.6 is 0 Å². The van der Waals surface area contributed by atoms with E-state index in [0.717, 1.165) is 90.0 Å². The van der Waals surface area contributed by atoms with E-state index in [0.29, 0.717) is 12.5 Å². The van der Waals surface area contributed by atoms with Crippen LogP contribution in [0, 0.1) is 19.8 Å². The van der Waals surface area contributed by atoms with Crippen LogP contribution in [-0.4, -0.2) is 63.3 Å². The average Bonchev–Trinajstić information content (AvgIpc) is 3.62. The van der Waals surface area contributed by atoms with Gasteiger partial charge in [-0.1, -0.05) is 11.2 Å². The predicted molar refractivity (Wildman–Crippen MR) is 134 cm³/mol. The minimum atomic E-state index is -0.107. The lowest BCUT2D eigenvalue weighted by Crippen LogP contribution is -2.50. The molecule has 1 aromatic carbocycles. The van der Waals surface area contributed by atoms with Crippen molar-refractivity contribution in [3.63, 3.8) is 0 Å². The summed E-state index contributed by atoms with van der Waals surface area (Å²) in [6, 6.07) is 9.98. The van der Waals surface area contributed by atoms with Gasteiger partial charge in [-0.3, -0.25) is 14.3 Å². The largest absolute Gasteiger partial charge is 0.488 e. The summed E-state index contributed by atoms with van der Waals surface area (Å²) in [4.78, 5) is 26.7. The Hall–Kier alpha value is -3.88. The van der Waals surface area contributed by atoms with Gasteiger partial charge in [0.05, 0.1) is 22.5 Å². The second kappa shape index (κ2) is 8.08. The maximum Gasteiger partial charge on any atom is 0.225 e. The fourth-order valence-corrected chi connectivity index (χ4v) is 5.62. The summed E-state index contributed by atoms with van der Waals surface area (Å²) in [6.07, 6.45) is 3.90. The number of imidazole rings is 1. The molecule has 0 unspecified atom stereocenters. The van der Waals surface area contributed by atoms with Crippen LogP contribution in [0.3, 0.4) is 0 Å². The molecule has 0 radical (unpaired) electrons. The summed E-state index contributed by atoms with van der Waals surface area (Å²) in [5.74, 6) is 3.04. The third-order valence-corrected chi connectivity index (χ3v) is 7.62. The SMILES string of the molecule is Cc1noc(C)c1-c1ccc2nc(N3CCN(C(=O)C4CC4)CC3)n3c2c1OC[C@@H]3c1ccccn1. The van der Waals surface area contributed by atoms with E-state index in [1.807, 2.05) is 43.1 Å². The van der Waals surface area contributed by atoms with Crippen molar-refractivity contribution >= 4 is 22.9 Å². The van der Waals surface area contributed by atoms with Crippen molar-refractivity contribution in [3.8, 4) is 16.9 Å². The van der Waals surface area contributed by atoms with E-state index < -0.39 is 0 Å². The Morgan fingerprint density at radius 3 is 2.58 bits per heavy atom. The van der Waals surface area contributed by atoms with Crippen LogP contribution in [0.1, 0.15) is 36.0 Å². The van der Waals surface area contributed by atoms with Gasteiger partial charge in [-0.25, -0.2) is 4.98 Å². The van der Waals surface area contributed by atoms with Crippen molar-refractivity contribution in [2.24, 2.45) is 5.92 Å². The lowest BCUT2D eigenvalue weighted by atomic mass is 10.0. The molecule has 4 aromatic rings. The van der Waals surface area contributed by atoms with Crippen molar-refractivity contribution in [2.45, 2.75) is 32.7 Å². The lowest BCUT2D eigenvalue weighted by molar-refractivity contribution is -0.132. The second-order valence-corrected chi connectivity index (χ2v) is 9.96. The molecule has 0 bridgehead atoms. The maximum atomic E-state index is 12.6. The number of aryl methyl sites for hydroxylation is 2. The highest BCUT2D eigenvalue weighted by atomic mass is 16.5. The minimum absolute atomic E-state index is 0.107. The second-order valence-electron chi connectivity index (χ2n) is 9.96. The van der Waals surface area contributed by atoms with Crippen LogP contribution in [0.2, 0.25) is 0 Å². The number of rotatable bonds is 4. The first-order valence-corrected chi connectivity index (χ1v) is 12.7. The number of anilines is 1. The number of benzene rings is 1. The lowest BCUT2D eigenvalue weighted by Gasteiger charge is -2.37. The first-order valence-electron chi connectivity index (χ1n) is 12.7. The Balaban J connectivity index is 1.35. The molecule has 3 aliphatic rings. The van der Waals surface area contributed by atoms with Gasteiger partial charge < -0.3 is 19.1 Å². The molecular formula is C27H28N6O3. The van der Waals surface area contributed by atoms with Crippen LogP contribution in [0.25, 0.3) is 22.2 Å². The van der Waals surface area contributed by atoms with Crippen LogP contribution in [0.15, 0.2) is 41.1 Å². The zero-order valence-electron chi connectivity index (χ0n) is 20.5. The summed E-state index contributed by atoms with van der Waals surface area (Å²) in [5.41, 5.74) is 5.54. The molecule has 36 heavy (non-hydrogen) atoms. The van der Waals surface area contributed by atoms with Crippen LogP contribution in [-0.2, 0) is 4.79 Å². The van der Waals surface area contributed by atoms with Gasteiger partial charge in [0.15, 0.2) is 5.75 Å². The number of hydrogen-bond donors (Lipinski definition) is 0. The topological polar surface area (TPSA) is 89.5 Å². The van der Waals surface area contributed by atoms with E-state index in [2.05, 4.69) is 31.7 Å². The molecule has 9 heteroatoms. The highest BCUT2D eigenvalue weighted by Gasteiger charge is 2.37. The summed E-state index contributed by atoms with van der Waals surface area (Å²) in [6.45, 7) is 7.28. The smallest absolute Gasteiger partial charge is 0.225 e. The molecule has 3 aromatic heterocycles. The van der Waals surface area contributed by atoms with E-state index in [-0.39, 0.29) is 12.0 Å². The third kappa shape index (κ3) is 3.29. The quantitative estimate of drug-likeness (QED) is 0.436. The highest BCUT2D eigenvalue weighted by molar-refractivity contribution is 5.94. The number of carbonyl (C=O) groups excluding carboxylic acids is 1. The van der Waals surface area contributed by atoms with Gasteiger partial charge in [0.1, 0.15) is 23.9 Å². The number of nitrogens with zero attached hydrogens (tertiary/aromatic N) is 6. The first kappa shape index (κ1) is 21.4. The molecule has 1 saturated heterocycles. The molecule has 7 rings (SSSR count). The molecule has 2 fully saturated rings. The van der Waals surface area contributed by atoms with Gasteiger partial charge in [0.2, 0.25) is 11.9 Å². The van der Waals surface area contributed by atoms with Gasteiger partial charge in [-0.05, 0) is 51.0 Å². The third-order valence-electron chi connectivity index (χ3n) is 7.62. The van der Waals surface area contributed by atoms with Crippen molar-refractivity contribution in [3.05, 3.63) is 53.7 Å². The summed E-state index contributed by atoms with van der Waals surface area (Å²) in [7, 11) is 0. The van der Waals surface area contributed by atoms with E-state index in [4.69, 9.17) is 14.2 Å². The normalized spacial score (nSPS) is 19.6. The molecule has 1 saturated carbocycles. The van der Waals surface area contributed by atoms with E-state index in [1.165, 1.54) is 0 Å². The Morgan fingerprint density at radius 1 is 1.06 bits per heavy atom. The van der Waals surface area contributed by atoms with Gasteiger partial charge in [-0.15, -0.1) is 0 Å². The molecule has 1 aliphatic carbocycles. The van der Waals surface area contributed by atoms with Gasteiger partial charge in [0, 0.05) is 43.9 Å². The summed E-state index contributed by atoms with van der Waals surface area (Å²) < 4.78 is 14.2. The first-order chi connectivity index (χ1) is 17.6. The van der Waals surface area contributed by atoms with Crippen molar-refractivity contribution < 1.29 is 14.1 Å². The molecule has 0 N–H and O–H groups in total. The molecule has 9 nitrogen and oxygen atoms in total. The molecule has 0 spiro atoms. The Labute approximate surface area is 208 Å². The van der Waals surface area contributed by atoms with E-state index >= 15 is 0 Å². The zero-order valence-corrected chi connectivity index (χ0v) is 20.5. The van der Waals surface area contributed by atoms with Crippen molar-refractivity contribution in [1.82, 2.24) is 24.6 Å². The number of pyridine rings is 1. The standard InChI is InChI=1S/C27H28N6O3/c1-16-23(17(2)36-30-16)19-8-9-21-24-25(19)35-15-22(20-5-3-4-10-28-20)33(24)27(29-21)32-13-11-31(12-14-32)26(34)18-6-7-18/h3-5,8-10,18,22H,6-7,11-15H2,1-2H3/t22-/m1/s1. The van der Waals surface area contributed by atoms with Gasteiger partial charge in [-0.2, -0.15) is 0 Å². The highest BCUT2D eigenvalue weighted by Crippen LogP contribution is 2.46. The fraction of sp³-hybridized carbons (Fsp3) is 0.407. The number of hydrogen-bond acceptors (Lipinski definition) is 7. The zero-order chi connectivity index (χ0) is 24.4. The molecule has 1 amide bonds. The number of carbonyl (C=O) groups is 1. The summed E-state index contributed by atoms with van der Waals surface area (Å²) >= 11 is 0. The van der Waals surface area contributed by atoms with Crippen LogP contribution in [0.4, 0.5) is 5.95 Å². The monoisotopic (exact) mass is 484 g/mol. The molecule has 2 aliphatic heterocycles. The van der Waals surface area contributed by atoms with Crippen molar-refractivity contribution in [1.29, 1.82) is 0 Å². The average molecular weight is 485 g/mol. The number of ether oxygens (including phenoxy) is 1. The maximum absolute atomic E-state index is 12.6. The number of aromatic nitrogens is 4. The Kier molecular flexibility index (Phi) is 4.80. The Bertz CT molecular complexity index is 1440. The van der Waals surface area contributed by atoms with Crippen LogP contribution < -0.4 is 9.64 Å². The van der Waals surface area contributed by atoms with Gasteiger partial charge in [0.25, 0.3) is 0 Å². The van der Waals surface area contributed by atoms with Crippen molar-refractivity contribution in [2.75, 3.05) is 37.7 Å². The molecular weight excluding hydrogens is 456 g/mol. The fourth-order valence-electron chi connectivity index (χ4n) is 5.62. The van der Waals surface area contributed by atoms with E-state index in [9.17, 15) is 4.79 Å². The molecule has 184 valence electrons. The van der Waals surface area contributed by atoms with E-state index in [1.54, 1.807) is 0 Å². The summed E-state index contributed by atoms with van der Waals surface area (Å²) in [5, 5.41) is 4.16. The Morgan fingerprint density at radius 2 is 1.89 bits per heavy atom. The van der Waals surface area contributed by atoms with Gasteiger partial charge >= 0.3 is 0 Å². The molecule has 5 heterocycles. The number of amides is 1. The van der Waals surface area contributed by atoms with Crippen LogP contribution in [0.5, 0.6) is 5.75 Å². The number of piperazine rings is 1. The predicted octanol–water partition coefficient (Wildman–Crippen LogP) is 3.74. The minimum Gasteiger partial charge on any atom is -0.488 e. The molecule has 1 atom stereocenters.